The molecule has 1 saturated heterocycles. The van der Waals surface area contributed by atoms with Gasteiger partial charge in [-0.1, -0.05) is 0 Å². The van der Waals surface area contributed by atoms with Crippen molar-refractivity contribution in [2.45, 2.75) is 39.2 Å². The van der Waals surface area contributed by atoms with Crippen LogP contribution < -0.4 is 5.32 Å². The molecule has 3 heteroatoms. The minimum Gasteiger partial charge on any atom is -0.384 e. The lowest BCUT2D eigenvalue weighted by Gasteiger charge is -2.32. The van der Waals surface area contributed by atoms with E-state index in [2.05, 4.69) is 31.0 Å². The lowest BCUT2D eigenvalue weighted by Crippen LogP contribution is -2.43. The Hall–Kier alpha value is -0.120. The molecule has 16 heavy (non-hydrogen) atoms. The van der Waals surface area contributed by atoms with Crippen molar-refractivity contribution in [3.8, 4) is 0 Å². The molecule has 0 aliphatic carbocycles. The van der Waals surface area contributed by atoms with Gasteiger partial charge in [0.1, 0.15) is 0 Å². The highest BCUT2D eigenvalue weighted by Crippen LogP contribution is 2.16. The molecule has 1 N–H and O–H groups in total. The van der Waals surface area contributed by atoms with Crippen molar-refractivity contribution < 1.29 is 4.74 Å². The molecule has 1 fully saturated rings. The number of nitrogens with one attached hydrogen (secondary N) is 1. The summed E-state index contributed by atoms with van der Waals surface area (Å²) in [4.78, 5) is 2.56. The van der Waals surface area contributed by atoms with Crippen LogP contribution in [0.4, 0.5) is 0 Å². The molecule has 0 radical (unpaired) electrons. The van der Waals surface area contributed by atoms with Crippen LogP contribution in [0.2, 0.25) is 0 Å². The highest BCUT2D eigenvalue weighted by molar-refractivity contribution is 4.75. The lowest BCUT2D eigenvalue weighted by molar-refractivity contribution is 0.0991. The molecule has 1 rings (SSSR count). The van der Waals surface area contributed by atoms with Gasteiger partial charge in [-0.25, -0.2) is 0 Å². The summed E-state index contributed by atoms with van der Waals surface area (Å²) < 4.78 is 5.21. The number of methoxy groups -OCH3 is 1. The zero-order valence-corrected chi connectivity index (χ0v) is 11.4. The minimum absolute atomic E-state index is 0.244. The zero-order valence-electron chi connectivity index (χ0n) is 11.4. The quantitative estimate of drug-likeness (QED) is 0.775. The summed E-state index contributed by atoms with van der Waals surface area (Å²) in [6.07, 6.45) is 2.59. The molecule has 0 unspecified atom stereocenters. The molecule has 0 atom stereocenters. The smallest absolute Gasteiger partial charge is 0.0491 e. The van der Waals surface area contributed by atoms with Crippen molar-refractivity contribution >= 4 is 0 Å². The van der Waals surface area contributed by atoms with Gasteiger partial charge in [0, 0.05) is 32.3 Å². The zero-order chi connectivity index (χ0) is 12.0. The summed E-state index contributed by atoms with van der Waals surface area (Å²) in [6.45, 7) is 12.3. The van der Waals surface area contributed by atoms with E-state index in [1.165, 1.54) is 32.5 Å². The summed E-state index contributed by atoms with van der Waals surface area (Å²) in [5.41, 5.74) is 0.244. The summed E-state index contributed by atoms with van der Waals surface area (Å²) in [7, 11) is 1.81. The summed E-state index contributed by atoms with van der Waals surface area (Å²) in [6, 6.07) is 0. The molecule has 0 aromatic heterocycles. The van der Waals surface area contributed by atoms with Crippen molar-refractivity contribution in [3.63, 3.8) is 0 Å². The molecular formula is C13H28N2O. The molecule has 0 aromatic carbocycles. The Morgan fingerprint density at radius 1 is 1.25 bits per heavy atom. The van der Waals surface area contributed by atoms with Gasteiger partial charge in [0.15, 0.2) is 0 Å². The van der Waals surface area contributed by atoms with Gasteiger partial charge in [-0.3, -0.25) is 0 Å². The van der Waals surface area contributed by atoms with Crippen molar-refractivity contribution in [1.82, 2.24) is 10.2 Å². The fourth-order valence-electron chi connectivity index (χ4n) is 2.20. The van der Waals surface area contributed by atoms with Crippen molar-refractivity contribution in [2.75, 3.05) is 39.9 Å². The number of hydrogen-bond donors (Lipinski definition) is 1. The minimum atomic E-state index is 0.244. The largest absolute Gasteiger partial charge is 0.384 e. The van der Waals surface area contributed by atoms with Gasteiger partial charge in [-0.2, -0.15) is 0 Å². The molecule has 0 bridgehead atoms. The molecule has 0 spiro atoms. The van der Waals surface area contributed by atoms with Gasteiger partial charge >= 0.3 is 0 Å². The van der Waals surface area contributed by atoms with Crippen LogP contribution in [0, 0.1) is 5.92 Å². The summed E-state index contributed by atoms with van der Waals surface area (Å²) in [5.74, 6) is 0.789. The average Bonchev–Trinajstić information content (AvgIpc) is 2.19. The third-order valence-corrected chi connectivity index (χ3v) is 3.19. The number of hydrogen-bond acceptors (Lipinski definition) is 3. The maximum atomic E-state index is 5.21. The third-order valence-electron chi connectivity index (χ3n) is 3.19. The molecule has 3 nitrogen and oxygen atoms in total. The van der Waals surface area contributed by atoms with E-state index in [1.54, 1.807) is 7.11 Å². The Labute approximate surface area is 101 Å². The van der Waals surface area contributed by atoms with Crippen LogP contribution in [0.25, 0.3) is 0 Å². The topological polar surface area (TPSA) is 24.5 Å². The van der Waals surface area contributed by atoms with Crippen molar-refractivity contribution in [2.24, 2.45) is 5.92 Å². The Balaban J connectivity index is 2.08. The van der Waals surface area contributed by atoms with Gasteiger partial charge in [0.25, 0.3) is 0 Å². The highest BCUT2D eigenvalue weighted by Gasteiger charge is 2.18. The molecule has 0 saturated carbocycles. The number of piperidine rings is 1. The Morgan fingerprint density at radius 3 is 2.38 bits per heavy atom. The maximum absolute atomic E-state index is 5.21. The van der Waals surface area contributed by atoms with Crippen LogP contribution in [0.3, 0.4) is 0 Å². The number of nitrogens with zero attached hydrogens (tertiary/aromatic N) is 1. The SMILES string of the molecule is COCC1CCN(CCNC(C)(C)C)CC1. The van der Waals surface area contributed by atoms with E-state index in [4.69, 9.17) is 4.74 Å². The number of rotatable bonds is 5. The molecule has 96 valence electrons. The second-order valence-corrected chi connectivity index (χ2v) is 5.92. The van der Waals surface area contributed by atoms with Crippen LogP contribution in [0.5, 0.6) is 0 Å². The predicted octanol–water partition coefficient (Wildman–Crippen LogP) is 1.73. The summed E-state index contributed by atoms with van der Waals surface area (Å²) >= 11 is 0. The first kappa shape index (κ1) is 13.9. The molecule has 1 aliphatic heterocycles. The lowest BCUT2D eigenvalue weighted by atomic mass is 9.98. The number of ether oxygens (including phenoxy) is 1. The Kier molecular flexibility index (Phi) is 5.73. The van der Waals surface area contributed by atoms with Crippen molar-refractivity contribution in [1.29, 1.82) is 0 Å². The van der Waals surface area contributed by atoms with Crippen LogP contribution in [0.15, 0.2) is 0 Å². The fourth-order valence-corrected chi connectivity index (χ4v) is 2.20. The molecular weight excluding hydrogens is 200 g/mol. The van der Waals surface area contributed by atoms with E-state index in [9.17, 15) is 0 Å². The molecule has 0 aromatic rings. The monoisotopic (exact) mass is 228 g/mol. The molecule has 1 heterocycles. The predicted molar refractivity (Wildman–Crippen MR) is 68.8 cm³/mol. The van der Waals surface area contributed by atoms with E-state index in [-0.39, 0.29) is 5.54 Å². The van der Waals surface area contributed by atoms with Crippen LogP contribution >= 0.6 is 0 Å². The van der Waals surface area contributed by atoms with Crippen LogP contribution in [0.1, 0.15) is 33.6 Å². The number of likely N-dealkylation sites (tertiary alicyclic amines) is 1. The van der Waals surface area contributed by atoms with Gasteiger partial charge < -0.3 is 15.0 Å². The molecule has 0 amide bonds. The van der Waals surface area contributed by atoms with Gasteiger partial charge in [-0.05, 0) is 52.6 Å². The fraction of sp³-hybridized carbons (Fsp3) is 1.00. The highest BCUT2D eigenvalue weighted by atomic mass is 16.5. The van der Waals surface area contributed by atoms with E-state index < -0.39 is 0 Å². The van der Waals surface area contributed by atoms with Gasteiger partial charge in [-0.15, -0.1) is 0 Å². The Bertz CT molecular complexity index is 181. The van der Waals surface area contributed by atoms with E-state index in [0.29, 0.717) is 0 Å². The first-order valence-corrected chi connectivity index (χ1v) is 6.47. The van der Waals surface area contributed by atoms with E-state index in [0.717, 1.165) is 19.1 Å². The van der Waals surface area contributed by atoms with Gasteiger partial charge in [0.05, 0.1) is 0 Å². The summed E-state index contributed by atoms with van der Waals surface area (Å²) in [5, 5.41) is 3.54. The maximum Gasteiger partial charge on any atom is 0.0491 e. The van der Waals surface area contributed by atoms with E-state index >= 15 is 0 Å². The van der Waals surface area contributed by atoms with Crippen LogP contribution in [-0.2, 0) is 4.74 Å². The van der Waals surface area contributed by atoms with Crippen molar-refractivity contribution in [3.05, 3.63) is 0 Å². The molecule has 1 aliphatic rings. The van der Waals surface area contributed by atoms with Gasteiger partial charge in [0.2, 0.25) is 0 Å². The second-order valence-electron chi connectivity index (χ2n) is 5.92. The standard InChI is InChI=1S/C13H28N2O/c1-13(2,3)14-7-10-15-8-5-12(6-9-15)11-16-4/h12,14H,5-11H2,1-4H3. The van der Waals surface area contributed by atoms with Crippen LogP contribution in [-0.4, -0.2) is 50.3 Å². The first-order valence-electron chi connectivity index (χ1n) is 6.47. The first-order chi connectivity index (χ1) is 7.51. The third kappa shape index (κ3) is 5.83. The second kappa shape index (κ2) is 6.58. The average molecular weight is 228 g/mol. The van der Waals surface area contributed by atoms with E-state index in [1.807, 2.05) is 0 Å². The Morgan fingerprint density at radius 2 is 1.88 bits per heavy atom. The normalized spacial score (nSPS) is 20.2.